The third-order valence-electron chi connectivity index (χ3n) is 5.53. The summed E-state index contributed by atoms with van der Waals surface area (Å²) in [4.78, 5) is 3.33. The first kappa shape index (κ1) is 18.0. The molecule has 1 aliphatic carbocycles. The summed E-state index contributed by atoms with van der Waals surface area (Å²) in [6.07, 6.45) is 8.95. The Kier molecular flexibility index (Phi) is 6.17. The van der Waals surface area contributed by atoms with Crippen LogP contribution in [0.15, 0.2) is 36.4 Å². The van der Waals surface area contributed by atoms with Gasteiger partial charge in [-0.25, -0.2) is 0 Å². The maximum Gasteiger partial charge on any atom is 0.218 e. The molecule has 1 fully saturated rings. The van der Waals surface area contributed by atoms with E-state index in [4.69, 9.17) is 0 Å². The first-order valence-electron chi connectivity index (χ1n) is 9.58. The molecule has 134 valence electrons. The molecule has 0 radical (unpaired) electrons. The van der Waals surface area contributed by atoms with Crippen LogP contribution >= 0.6 is 0 Å². The van der Waals surface area contributed by atoms with Gasteiger partial charge in [-0.2, -0.15) is 13.8 Å². The smallest absolute Gasteiger partial charge is 0.190 e. The minimum absolute atomic E-state index is 0.165. The zero-order valence-electron chi connectivity index (χ0n) is 15.0. The van der Waals surface area contributed by atoms with Crippen LogP contribution < -0.4 is 0 Å². The summed E-state index contributed by atoms with van der Waals surface area (Å²) in [7, 11) is 0. The van der Waals surface area contributed by atoms with Crippen molar-refractivity contribution in [3.63, 3.8) is 0 Å². The molecule has 3 heteroatoms. The van der Waals surface area contributed by atoms with Crippen molar-refractivity contribution in [3.8, 4) is 0 Å². The van der Waals surface area contributed by atoms with Gasteiger partial charge >= 0.3 is 0 Å². The second kappa shape index (κ2) is 8.55. The summed E-state index contributed by atoms with van der Waals surface area (Å²) in [5.41, 5.74) is 3.40. The van der Waals surface area contributed by atoms with Gasteiger partial charge in [-0.3, -0.25) is 0 Å². The van der Waals surface area contributed by atoms with Gasteiger partial charge in [-0.05, 0) is 73.6 Å². The summed E-state index contributed by atoms with van der Waals surface area (Å²) in [5, 5.41) is 0. The van der Waals surface area contributed by atoms with E-state index in [1.165, 1.54) is 36.5 Å². The molecular weight excluding hydrogens is 316 g/mol. The van der Waals surface area contributed by atoms with Crippen LogP contribution in [0.5, 0.6) is 0 Å². The molecule has 0 spiro atoms. The largest absolute Gasteiger partial charge is 0.218 e. The lowest BCUT2D eigenvalue weighted by Gasteiger charge is -2.29. The van der Waals surface area contributed by atoms with Gasteiger partial charge in [0, 0.05) is 5.56 Å². The summed E-state index contributed by atoms with van der Waals surface area (Å²) >= 11 is 0. The first-order valence-corrected chi connectivity index (χ1v) is 9.58. The van der Waals surface area contributed by atoms with E-state index in [2.05, 4.69) is 36.2 Å². The quantitative estimate of drug-likeness (QED) is 0.429. The van der Waals surface area contributed by atoms with Crippen molar-refractivity contribution in [2.45, 2.75) is 70.1 Å². The number of pyridine rings is 1. The number of unbranched alkanes of at least 4 members (excludes halogenated alkanes) is 2. The number of rotatable bonds is 6. The Morgan fingerprint density at radius 1 is 0.880 bits per heavy atom. The fraction of sp³-hybridized carbons (Fsp3) is 0.500. The number of hydrogen-bond acceptors (Lipinski definition) is 1. The van der Waals surface area contributed by atoms with Crippen LogP contribution in [0.4, 0.5) is 8.78 Å². The maximum atomic E-state index is 13.9. The average molecular weight is 343 g/mol. The molecule has 1 saturated carbocycles. The summed E-state index contributed by atoms with van der Waals surface area (Å²) in [5.74, 6) is -0.663. The Hall–Kier alpha value is -1.77. The van der Waals surface area contributed by atoms with Crippen LogP contribution in [0.1, 0.15) is 80.4 Å². The molecule has 0 atom stereocenters. The molecule has 0 N–H and O–H groups in total. The molecular formula is C22H27F2N. The second-order valence-electron chi connectivity index (χ2n) is 7.26. The molecule has 25 heavy (non-hydrogen) atoms. The predicted molar refractivity (Wildman–Crippen MR) is 97.8 cm³/mol. The van der Waals surface area contributed by atoms with Crippen molar-refractivity contribution in [2.24, 2.45) is 0 Å². The summed E-state index contributed by atoms with van der Waals surface area (Å²) in [6.45, 7) is 2.23. The first-order chi connectivity index (χ1) is 12.2. The van der Waals surface area contributed by atoms with E-state index < -0.39 is 11.9 Å². The van der Waals surface area contributed by atoms with Crippen molar-refractivity contribution in [1.29, 1.82) is 0 Å². The number of nitrogens with zero attached hydrogens (tertiary/aromatic N) is 1. The van der Waals surface area contributed by atoms with Crippen LogP contribution in [0.2, 0.25) is 0 Å². The van der Waals surface area contributed by atoms with E-state index in [-0.39, 0.29) is 5.92 Å². The highest BCUT2D eigenvalue weighted by molar-refractivity contribution is 5.27. The number of benzene rings is 1. The summed E-state index contributed by atoms with van der Waals surface area (Å²) in [6, 6.07) is 11.9. The van der Waals surface area contributed by atoms with Crippen LogP contribution in [0, 0.1) is 11.9 Å². The number of hydrogen-bond donors (Lipinski definition) is 0. The Morgan fingerprint density at radius 2 is 1.56 bits per heavy atom. The Balaban J connectivity index is 1.56. The van der Waals surface area contributed by atoms with Gasteiger partial charge in [0.2, 0.25) is 11.9 Å². The molecule has 1 aromatic heterocycles. The van der Waals surface area contributed by atoms with Crippen LogP contribution in [-0.2, 0) is 6.42 Å². The van der Waals surface area contributed by atoms with Crippen LogP contribution in [0.3, 0.4) is 0 Å². The maximum absolute atomic E-state index is 13.9. The van der Waals surface area contributed by atoms with Crippen molar-refractivity contribution in [2.75, 3.05) is 0 Å². The molecule has 1 heterocycles. The molecule has 0 amide bonds. The van der Waals surface area contributed by atoms with Crippen LogP contribution in [0.25, 0.3) is 0 Å². The molecule has 1 nitrogen and oxygen atoms in total. The normalized spacial score (nSPS) is 20.6. The minimum Gasteiger partial charge on any atom is -0.190 e. The van der Waals surface area contributed by atoms with E-state index in [1.807, 2.05) is 0 Å². The zero-order chi connectivity index (χ0) is 17.6. The van der Waals surface area contributed by atoms with Gasteiger partial charge < -0.3 is 0 Å². The van der Waals surface area contributed by atoms with Crippen molar-refractivity contribution in [1.82, 2.24) is 4.98 Å². The van der Waals surface area contributed by atoms with Crippen LogP contribution in [-0.4, -0.2) is 4.98 Å². The predicted octanol–water partition coefficient (Wildman–Crippen LogP) is 6.53. The minimum atomic E-state index is -0.742. The topological polar surface area (TPSA) is 12.9 Å². The van der Waals surface area contributed by atoms with Gasteiger partial charge in [-0.1, -0.05) is 44.0 Å². The zero-order valence-corrected chi connectivity index (χ0v) is 15.0. The van der Waals surface area contributed by atoms with Gasteiger partial charge in [0.05, 0.1) is 0 Å². The van der Waals surface area contributed by atoms with Gasteiger partial charge in [0.1, 0.15) is 0 Å². The third-order valence-corrected chi connectivity index (χ3v) is 5.53. The molecule has 3 rings (SSSR count). The van der Waals surface area contributed by atoms with E-state index in [9.17, 15) is 8.78 Å². The Labute approximate surface area is 149 Å². The van der Waals surface area contributed by atoms with Gasteiger partial charge in [0.25, 0.3) is 0 Å². The van der Waals surface area contributed by atoms with E-state index in [0.29, 0.717) is 11.5 Å². The highest BCUT2D eigenvalue weighted by Gasteiger charge is 2.25. The molecule has 0 aliphatic heterocycles. The van der Waals surface area contributed by atoms with Gasteiger partial charge in [-0.15, -0.1) is 0 Å². The average Bonchev–Trinajstić information content (AvgIpc) is 2.63. The monoisotopic (exact) mass is 343 g/mol. The van der Waals surface area contributed by atoms with E-state index in [0.717, 1.165) is 32.1 Å². The number of aryl methyl sites for hydroxylation is 1. The van der Waals surface area contributed by atoms with Crippen molar-refractivity contribution < 1.29 is 8.78 Å². The van der Waals surface area contributed by atoms with Crippen molar-refractivity contribution in [3.05, 3.63) is 65.0 Å². The Morgan fingerprint density at radius 3 is 2.20 bits per heavy atom. The molecule has 1 aromatic carbocycles. The van der Waals surface area contributed by atoms with E-state index in [1.54, 1.807) is 6.07 Å². The lowest BCUT2D eigenvalue weighted by Crippen LogP contribution is -2.14. The lowest BCUT2D eigenvalue weighted by atomic mass is 9.76. The highest BCUT2D eigenvalue weighted by Crippen LogP contribution is 2.40. The molecule has 2 aromatic rings. The molecule has 0 unspecified atom stereocenters. The standard InChI is InChI=1S/C22H27F2N/c1-2-3-4-5-16-6-8-17(9-7-16)18-10-12-19(13-11-18)20-14-15-21(23)25-22(20)24/h6-9,14-15,18-19H,2-5,10-13H2,1H3. The fourth-order valence-electron chi connectivity index (χ4n) is 4.00. The van der Waals surface area contributed by atoms with Gasteiger partial charge in [0.15, 0.2) is 0 Å². The second-order valence-corrected chi connectivity index (χ2v) is 7.26. The highest BCUT2D eigenvalue weighted by atomic mass is 19.1. The summed E-state index contributed by atoms with van der Waals surface area (Å²) < 4.78 is 26.9. The lowest BCUT2D eigenvalue weighted by molar-refractivity contribution is 0.381. The van der Waals surface area contributed by atoms with Crippen molar-refractivity contribution >= 4 is 0 Å². The third kappa shape index (κ3) is 4.65. The molecule has 0 saturated heterocycles. The Bertz CT molecular complexity index is 673. The fourth-order valence-corrected chi connectivity index (χ4v) is 4.00. The number of aromatic nitrogens is 1. The van der Waals surface area contributed by atoms with E-state index >= 15 is 0 Å². The molecule has 0 bridgehead atoms. The SMILES string of the molecule is CCCCCc1ccc(C2CCC(c3ccc(F)nc3F)CC2)cc1. The molecule has 1 aliphatic rings. The number of halogens is 2.